The molecule has 0 saturated carbocycles. The molecule has 0 aliphatic heterocycles. The third-order valence-electron chi connectivity index (χ3n) is 3.31. The van der Waals surface area contributed by atoms with Gasteiger partial charge in [-0.05, 0) is 31.5 Å². The fraction of sp³-hybridized carbons (Fsp3) is 0.312. The van der Waals surface area contributed by atoms with Gasteiger partial charge in [0.15, 0.2) is 0 Å². The standard InChI is InChI=1S/C16H16F3NO/c1-10-6-7-14(11(2)20-10)15(21)9-12-4-3-5-13(8-12)16(17,18)19/h3-8,15,21H,9H2,1-2H3. The second-order valence-corrected chi connectivity index (χ2v) is 5.05. The minimum atomic E-state index is -4.37. The molecule has 0 fully saturated rings. The van der Waals surface area contributed by atoms with E-state index in [0.717, 1.165) is 17.8 Å². The maximum absolute atomic E-state index is 12.7. The number of pyridine rings is 1. The van der Waals surface area contributed by atoms with Crippen LogP contribution in [0.5, 0.6) is 0 Å². The van der Waals surface area contributed by atoms with Crippen LogP contribution in [-0.4, -0.2) is 10.1 Å². The number of halogens is 3. The van der Waals surface area contributed by atoms with Crippen molar-refractivity contribution in [2.24, 2.45) is 0 Å². The molecule has 1 aromatic carbocycles. The van der Waals surface area contributed by atoms with E-state index >= 15 is 0 Å². The molecule has 2 nitrogen and oxygen atoms in total. The number of aliphatic hydroxyl groups excluding tert-OH is 1. The molecule has 0 radical (unpaired) electrons. The van der Waals surface area contributed by atoms with E-state index in [2.05, 4.69) is 4.98 Å². The summed E-state index contributed by atoms with van der Waals surface area (Å²) in [5.41, 5.74) is 1.90. The summed E-state index contributed by atoms with van der Waals surface area (Å²) in [4.78, 5) is 4.25. The van der Waals surface area contributed by atoms with E-state index in [-0.39, 0.29) is 6.42 Å². The molecule has 0 aliphatic rings. The van der Waals surface area contributed by atoms with Crippen molar-refractivity contribution in [2.75, 3.05) is 0 Å². The van der Waals surface area contributed by atoms with Gasteiger partial charge in [0.05, 0.1) is 11.7 Å². The summed E-state index contributed by atoms with van der Waals surface area (Å²) in [6.45, 7) is 3.62. The van der Waals surface area contributed by atoms with Gasteiger partial charge in [0, 0.05) is 23.4 Å². The van der Waals surface area contributed by atoms with Crippen LogP contribution >= 0.6 is 0 Å². The van der Waals surface area contributed by atoms with Crippen molar-refractivity contribution >= 4 is 0 Å². The number of nitrogens with zero attached hydrogens (tertiary/aromatic N) is 1. The Morgan fingerprint density at radius 2 is 1.86 bits per heavy atom. The van der Waals surface area contributed by atoms with Crippen LogP contribution in [0.15, 0.2) is 36.4 Å². The fourth-order valence-corrected chi connectivity index (χ4v) is 2.26. The highest BCUT2D eigenvalue weighted by atomic mass is 19.4. The summed E-state index contributed by atoms with van der Waals surface area (Å²) in [7, 11) is 0. The topological polar surface area (TPSA) is 33.1 Å². The minimum Gasteiger partial charge on any atom is -0.388 e. The van der Waals surface area contributed by atoms with Gasteiger partial charge >= 0.3 is 6.18 Å². The molecule has 2 rings (SSSR count). The Hall–Kier alpha value is -1.88. The number of rotatable bonds is 3. The number of alkyl halides is 3. The Kier molecular flexibility index (Phi) is 4.32. The number of hydrogen-bond acceptors (Lipinski definition) is 2. The van der Waals surface area contributed by atoms with E-state index in [1.165, 1.54) is 6.07 Å². The van der Waals surface area contributed by atoms with Crippen LogP contribution in [0.3, 0.4) is 0 Å². The summed E-state index contributed by atoms with van der Waals surface area (Å²) in [5, 5.41) is 10.2. The zero-order valence-corrected chi connectivity index (χ0v) is 11.8. The highest BCUT2D eigenvalue weighted by Gasteiger charge is 2.30. The van der Waals surface area contributed by atoms with E-state index in [0.29, 0.717) is 16.8 Å². The van der Waals surface area contributed by atoms with Crippen LogP contribution in [0.4, 0.5) is 13.2 Å². The molecule has 112 valence electrons. The third kappa shape index (κ3) is 3.82. The van der Waals surface area contributed by atoms with Gasteiger partial charge in [-0.3, -0.25) is 4.98 Å². The number of aryl methyl sites for hydroxylation is 2. The molecule has 21 heavy (non-hydrogen) atoms. The Balaban J connectivity index is 2.21. The second kappa shape index (κ2) is 5.85. The van der Waals surface area contributed by atoms with Crippen molar-refractivity contribution < 1.29 is 18.3 Å². The average Bonchev–Trinajstić information content (AvgIpc) is 2.37. The zero-order chi connectivity index (χ0) is 15.6. The lowest BCUT2D eigenvalue weighted by atomic mass is 9.99. The van der Waals surface area contributed by atoms with Gasteiger partial charge in [-0.25, -0.2) is 0 Å². The largest absolute Gasteiger partial charge is 0.416 e. The fourth-order valence-electron chi connectivity index (χ4n) is 2.26. The number of hydrogen-bond donors (Lipinski definition) is 1. The summed E-state index contributed by atoms with van der Waals surface area (Å²) in [6.07, 6.45) is -5.13. The van der Waals surface area contributed by atoms with Crippen LogP contribution in [0.2, 0.25) is 0 Å². The van der Waals surface area contributed by atoms with Gasteiger partial charge in [-0.1, -0.05) is 24.3 Å². The van der Waals surface area contributed by atoms with Gasteiger partial charge < -0.3 is 5.11 Å². The maximum atomic E-state index is 12.7. The number of aliphatic hydroxyl groups is 1. The lowest BCUT2D eigenvalue weighted by molar-refractivity contribution is -0.137. The molecule has 0 bridgehead atoms. The Bertz CT molecular complexity index is 638. The summed E-state index contributed by atoms with van der Waals surface area (Å²) in [6, 6.07) is 8.56. The van der Waals surface area contributed by atoms with Crippen molar-refractivity contribution in [3.8, 4) is 0 Å². The molecule has 2 aromatic rings. The van der Waals surface area contributed by atoms with Crippen LogP contribution in [0.1, 0.15) is 34.2 Å². The second-order valence-electron chi connectivity index (χ2n) is 5.05. The smallest absolute Gasteiger partial charge is 0.388 e. The molecule has 1 aromatic heterocycles. The first kappa shape index (κ1) is 15.5. The summed E-state index contributed by atoms with van der Waals surface area (Å²) >= 11 is 0. The highest BCUT2D eigenvalue weighted by molar-refractivity contribution is 5.29. The molecular weight excluding hydrogens is 279 g/mol. The first-order valence-electron chi connectivity index (χ1n) is 6.55. The van der Waals surface area contributed by atoms with Crippen molar-refractivity contribution in [3.63, 3.8) is 0 Å². The van der Waals surface area contributed by atoms with Crippen molar-refractivity contribution in [3.05, 3.63) is 64.5 Å². The summed E-state index contributed by atoms with van der Waals surface area (Å²) < 4.78 is 38.0. The van der Waals surface area contributed by atoms with E-state index in [9.17, 15) is 18.3 Å². The van der Waals surface area contributed by atoms with Crippen molar-refractivity contribution in [2.45, 2.75) is 32.5 Å². The molecule has 0 saturated heterocycles. The molecular formula is C16H16F3NO. The first-order chi connectivity index (χ1) is 9.77. The maximum Gasteiger partial charge on any atom is 0.416 e. The van der Waals surface area contributed by atoms with E-state index in [1.807, 2.05) is 6.92 Å². The lowest BCUT2D eigenvalue weighted by Gasteiger charge is -2.15. The van der Waals surface area contributed by atoms with Crippen LogP contribution in [-0.2, 0) is 12.6 Å². The number of benzene rings is 1. The highest BCUT2D eigenvalue weighted by Crippen LogP contribution is 2.30. The van der Waals surface area contributed by atoms with Gasteiger partial charge in [-0.15, -0.1) is 0 Å². The quantitative estimate of drug-likeness (QED) is 0.928. The van der Waals surface area contributed by atoms with Gasteiger partial charge in [0.1, 0.15) is 0 Å². The third-order valence-corrected chi connectivity index (χ3v) is 3.31. The molecule has 1 unspecified atom stereocenters. The SMILES string of the molecule is Cc1ccc(C(O)Cc2cccc(C(F)(F)F)c2)c(C)n1. The summed E-state index contributed by atoms with van der Waals surface area (Å²) in [5.74, 6) is 0. The van der Waals surface area contributed by atoms with Crippen LogP contribution in [0.25, 0.3) is 0 Å². The van der Waals surface area contributed by atoms with Crippen molar-refractivity contribution in [1.82, 2.24) is 4.98 Å². The monoisotopic (exact) mass is 295 g/mol. The molecule has 0 amide bonds. The predicted molar refractivity (Wildman–Crippen MR) is 73.8 cm³/mol. The Labute approximate surface area is 121 Å². The predicted octanol–water partition coefficient (Wildman–Crippen LogP) is 3.99. The first-order valence-corrected chi connectivity index (χ1v) is 6.55. The molecule has 0 aliphatic carbocycles. The van der Waals surface area contributed by atoms with Crippen molar-refractivity contribution in [1.29, 1.82) is 0 Å². The molecule has 1 atom stereocenters. The van der Waals surface area contributed by atoms with Gasteiger partial charge in [0.2, 0.25) is 0 Å². The lowest BCUT2D eigenvalue weighted by Crippen LogP contribution is -2.08. The van der Waals surface area contributed by atoms with Gasteiger partial charge in [-0.2, -0.15) is 13.2 Å². The average molecular weight is 295 g/mol. The van der Waals surface area contributed by atoms with E-state index < -0.39 is 17.8 Å². The zero-order valence-electron chi connectivity index (χ0n) is 11.8. The molecule has 0 spiro atoms. The van der Waals surface area contributed by atoms with E-state index in [1.54, 1.807) is 25.1 Å². The van der Waals surface area contributed by atoms with Gasteiger partial charge in [0.25, 0.3) is 0 Å². The normalized spacial score (nSPS) is 13.2. The van der Waals surface area contributed by atoms with Crippen LogP contribution < -0.4 is 0 Å². The minimum absolute atomic E-state index is 0.121. The Morgan fingerprint density at radius 1 is 1.14 bits per heavy atom. The van der Waals surface area contributed by atoms with Crippen LogP contribution in [0, 0.1) is 13.8 Å². The number of aromatic nitrogens is 1. The molecule has 1 N–H and O–H groups in total. The molecule has 5 heteroatoms. The molecule has 1 heterocycles. The van der Waals surface area contributed by atoms with E-state index in [4.69, 9.17) is 0 Å². The Morgan fingerprint density at radius 3 is 2.48 bits per heavy atom.